The third-order valence-electron chi connectivity index (χ3n) is 6.96. The molecular weight excluding hydrogens is 451 g/mol. The molecule has 8 heteroatoms. The van der Waals surface area contributed by atoms with Gasteiger partial charge in [0.05, 0.1) is 19.2 Å². The van der Waals surface area contributed by atoms with Crippen LogP contribution in [0.15, 0.2) is 60.1 Å². The molecule has 2 aliphatic heterocycles. The number of anilines is 1. The number of carbonyl (C=O) groups excluding carboxylic acids is 1. The first-order valence-electron chi connectivity index (χ1n) is 11.5. The number of urea groups is 1. The molecule has 2 saturated heterocycles. The minimum Gasteiger partial charge on any atom is -0.496 e. The molecule has 5 rings (SSSR count). The van der Waals surface area contributed by atoms with E-state index in [2.05, 4.69) is 16.0 Å². The number of thiazole rings is 1. The highest BCUT2D eigenvalue weighted by Crippen LogP contribution is 2.49. The zero-order chi connectivity index (χ0) is 23.9. The van der Waals surface area contributed by atoms with Crippen molar-refractivity contribution in [1.82, 2.24) is 14.8 Å². The number of halogens is 1. The van der Waals surface area contributed by atoms with E-state index in [0.29, 0.717) is 25.3 Å². The van der Waals surface area contributed by atoms with Crippen molar-refractivity contribution in [2.45, 2.75) is 37.9 Å². The van der Waals surface area contributed by atoms with Gasteiger partial charge in [-0.15, -0.1) is 11.3 Å². The van der Waals surface area contributed by atoms with E-state index >= 15 is 0 Å². The standard InChI is InChI=1S/C26H29FN4O2S/c1-18(2)30-17-26(31(25(30)32)20-8-6-7-19(27)13-20)16-29(15-24-28-11-12-34-24)14-22(26)21-9-4-5-10-23(21)33-3/h4-13,18,22H,14-17H2,1-3H3/t22-,26-/m1/s1. The molecule has 0 N–H and O–H groups in total. The second kappa shape index (κ2) is 9.00. The van der Waals surface area contributed by atoms with Gasteiger partial charge >= 0.3 is 6.03 Å². The summed E-state index contributed by atoms with van der Waals surface area (Å²) in [5.41, 5.74) is 1.07. The highest BCUT2D eigenvalue weighted by atomic mass is 32.1. The first-order valence-corrected chi connectivity index (χ1v) is 12.4. The average Bonchev–Trinajstić information content (AvgIpc) is 3.52. The molecule has 0 radical (unpaired) electrons. The number of aromatic nitrogens is 1. The number of methoxy groups -OCH3 is 1. The highest BCUT2D eigenvalue weighted by molar-refractivity contribution is 7.09. The third kappa shape index (κ3) is 3.84. The van der Waals surface area contributed by atoms with Crippen LogP contribution in [0.5, 0.6) is 5.75 Å². The highest BCUT2D eigenvalue weighted by Gasteiger charge is 2.60. The molecule has 2 fully saturated rings. The lowest BCUT2D eigenvalue weighted by Crippen LogP contribution is -2.53. The van der Waals surface area contributed by atoms with Crippen LogP contribution in [0.25, 0.3) is 0 Å². The van der Waals surface area contributed by atoms with Crippen molar-refractivity contribution in [1.29, 1.82) is 0 Å². The quantitative estimate of drug-likeness (QED) is 0.499. The molecule has 1 spiro atoms. The summed E-state index contributed by atoms with van der Waals surface area (Å²) in [7, 11) is 1.68. The number of hydrogen-bond donors (Lipinski definition) is 0. The fourth-order valence-corrected chi connectivity index (χ4v) is 6.16. The van der Waals surface area contributed by atoms with Gasteiger partial charge in [0.2, 0.25) is 0 Å². The van der Waals surface area contributed by atoms with Gasteiger partial charge in [-0.25, -0.2) is 14.2 Å². The lowest BCUT2D eigenvalue weighted by atomic mass is 9.80. The summed E-state index contributed by atoms with van der Waals surface area (Å²) < 4.78 is 20.1. The van der Waals surface area contributed by atoms with Crippen LogP contribution in [-0.4, -0.2) is 59.1 Å². The maximum atomic E-state index is 14.4. The Morgan fingerprint density at radius 3 is 2.74 bits per heavy atom. The lowest BCUT2D eigenvalue weighted by Gasteiger charge is -2.38. The zero-order valence-electron chi connectivity index (χ0n) is 19.6. The van der Waals surface area contributed by atoms with Crippen LogP contribution < -0.4 is 9.64 Å². The molecule has 0 unspecified atom stereocenters. The molecule has 0 bridgehead atoms. The summed E-state index contributed by atoms with van der Waals surface area (Å²) in [5.74, 6) is 0.423. The van der Waals surface area contributed by atoms with Gasteiger partial charge in [0.25, 0.3) is 0 Å². The molecule has 3 heterocycles. The Kier molecular flexibility index (Phi) is 6.04. The van der Waals surface area contributed by atoms with Crippen molar-refractivity contribution in [2.24, 2.45) is 0 Å². The number of carbonyl (C=O) groups is 1. The van der Waals surface area contributed by atoms with Gasteiger partial charge in [-0.05, 0) is 38.1 Å². The summed E-state index contributed by atoms with van der Waals surface area (Å²) in [6, 6.07) is 14.3. The van der Waals surface area contributed by atoms with Gasteiger partial charge in [0.1, 0.15) is 16.6 Å². The first kappa shape index (κ1) is 22.8. The number of likely N-dealkylation sites (tertiary alicyclic amines) is 1. The minimum atomic E-state index is -0.582. The van der Waals surface area contributed by atoms with Gasteiger partial charge < -0.3 is 9.64 Å². The van der Waals surface area contributed by atoms with E-state index < -0.39 is 5.54 Å². The van der Waals surface area contributed by atoms with E-state index in [9.17, 15) is 9.18 Å². The molecule has 0 aliphatic carbocycles. The second-order valence-corrected chi connectivity index (χ2v) is 10.3. The summed E-state index contributed by atoms with van der Waals surface area (Å²) in [6.45, 7) is 6.71. The Morgan fingerprint density at radius 1 is 1.21 bits per heavy atom. The normalized spacial score (nSPS) is 23.0. The average molecular weight is 481 g/mol. The van der Waals surface area contributed by atoms with Crippen LogP contribution in [0.2, 0.25) is 0 Å². The van der Waals surface area contributed by atoms with E-state index in [1.165, 1.54) is 12.1 Å². The van der Waals surface area contributed by atoms with Crippen LogP contribution in [-0.2, 0) is 6.54 Å². The maximum Gasteiger partial charge on any atom is 0.325 e. The first-order chi connectivity index (χ1) is 16.4. The van der Waals surface area contributed by atoms with Crippen LogP contribution in [0, 0.1) is 5.82 Å². The molecule has 1 aromatic heterocycles. The van der Waals surface area contributed by atoms with E-state index in [0.717, 1.165) is 22.9 Å². The number of ether oxygens (including phenoxy) is 1. The molecule has 2 aliphatic rings. The molecule has 178 valence electrons. The van der Waals surface area contributed by atoms with Gasteiger partial charge in [0.15, 0.2) is 0 Å². The number of hydrogen-bond acceptors (Lipinski definition) is 5. The van der Waals surface area contributed by atoms with Crippen molar-refractivity contribution in [2.75, 3.05) is 31.6 Å². The summed E-state index contributed by atoms with van der Waals surface area (Å²) in [5, 5.41) is 3.02. The van der Waals surface area contributed by atoms with E-state index in [4.69, 9.17) is 4.74 Å². The van der Waals surface area contributed by atoms with E-state index in [-0.39, 0.29) is 23.8 Å². The summed E-state index contributed by atoms with van der Waals surface area (Å²) >= 11 is 1.63. The molecule has 0 saturated carbocycles. The van der Waals surface area contributed by atoms with E-state index in [1.807, 2.05) is 59.5 Å². The van der Waals surface area contributed by atoms with Crippen LogP contribution >= 0.6 is 11.3 Å². The second-order valence-electron chi connectivity index (χ2n) is 9.31. The lowest BCUT2D eigenvalue weighted by molar-refractivity contribution is 0.205. The molecule has 3 aromatic rings. The maximum absolute atomic E-state index is 14.4. The predicted octanol–water partition coefficient (Wildman–Crippen LogP) is 4.98. The molecule has 6 nitrogen and oxygen atoms in total. The van der Waals surface area contributed by atoms with E-state index in [1.54, 1.807) is 24.5 Å². The molecule has 34 heavy (non-hydrogen) atoms. The fourth-order valence-electron chi connectivity index (χ4n) is 5.50. The smallest absolute Gasteiger partial charge is 0.325 e. The largest absolute Gasteiger partial charge is 0.496 e. The van der Waals surface area contributed by atoms with Gasteiger partial charge in [0, 0.05) is 54.4 Å². The molecule has 2 amide bonds. The van der Waals surface area contributed by atoms with Gasteiger partial charge in [-0.1, -0.05) is 24.3 Å². The summed E-state index contributed by atoms with van der Waals surface area (Å²) in [6.07, 6.45) is 1.82. The number of rotatable bonds is 6. The number of nitrogens with zero attached hydrogens (tertiary/aromatic N) is 4. The predicted molar refractivity (Wildman–Crippen MR) is 132 cm³/mol. The van der Waals surface area contributed by atoms with Crippen molar-refractivity contribution in [3.8, 4) is 5.75 Å². The van der Waals surface area contributed by atoms with Gasteiger partial charge in [-0.2, -0.15) is 0 Å². The minimum absolute atomic E-state index is 0.0225. The Balaban J connectivity index is 1.65. The summed E-state index contributed by atoms with van der Waals surface area (Å²) in [4.78, 5) is 24.4. The van der Waals surface area contributed by atoms with Crippen LogP contribution in [0.3, 0.4) is 0 Å². The fraction of sp³-hybridized carbons (Fsp3) is 0.385. The Hall–Kier alpha value is -2.97. The van der Waals surface area contributed by atoms with Crippen LogP contribution in [0.1, 0.15) is 30.3 Å². The van der Waals surface area contributed by atoms with Crippen molar-refractivity contribution >= 4 is 23.1 Å². The Bertz CT molecular complexity index is 1170. The molecular formula is C26H29FN4O2S. The molecule has 2 aromatic carbocycles. The molecule has 2 atom stereocenters. The van der Waals surface area contributed by atoms with Crippen molar-refractivity contribution in [3.05, 3.63) is 76.5 Å². The number of benzene rings is 2. The van der Waals surface area contributed by atoms with Crippen LogP contribution in [0.4, 0.5) is 14.9 Å². The van der Waals surface area contributed by atoms with Crippen molar-refractivity contribution < 1.29 is 13.9 Å². The third-order valence-corrected chi connectivity index (χ3v) is 7.72. The number of para-hydroxylation sites is 1. The SMILES string of the molecule is COc1ccccc1[C@H]1CN(Cc2nccs2)C[C@@]12CN(C(C)C)C(=O)N2c1cccc(F)c1. The monoisotopic (exact) mass is 480 g/mol. The van der Waals surface area contributed by atoms with Gasteiger partial charge in [-0.3, -0.25) is 9.80 Å². The number of amides is 2. The topological polar surface area (TPSA) is 48.9 Å². The Morgan fingerprint density at radius 2 is 2.03 bits per heavy atom. The van der Waals surface area contributed by atoms with Crippen molar-refractivity contribution in [3.63, 3.8) is 0 Å². The Labute approximate surface area is 203 Å². The zero-order valence-corrected chi connectivity index (χ0v) is 20.5.